The van der Waals surface area contributed by atoms with Gasteiger partial charge >= 0.3 is 19.8 Å². The molecule has 0 fully saturated rings. The van der Waals surface area contributed by atoms with Crippen LogP contribution in [0.1, 0.15) is 316 Å². The maximum Gasteiger partial charge on any atom is 0.472 e. The van der Waals surface area contributed by atoms with E-state index in [1.54, 1.807) is 0 Å². The van der Waals surface area contributed by atoms with Gasteiger partial charge in [0.2, 0.25) is 0 Å². The average molecular weight is 1000 g/mol. The lowest BCUT2D eigenvalue weighted by Crippen LogP contribution is -2.37. The highest BCUT2D eigenvalue weighted by Gasteiger charge is 2.27. The molecule has 2 unspecified atom stereocenters. The summed E-state index contributed by atoms with van der Waals surface area (Å²) in [5.41, 5.74) is 0. The summed E-state index contributed by atoms with van der Waals surface area (Å²) in [4.78, 5) is 35.6. The van der Waals surface area contributed by atoms with Crippen molar-refractivity contribution in [2.45, 2.75) is 322 Å². The zero-order valence-corrected chi connectivity index (χ0v) is 47.7. The molecule has 0 radical (unpaired) electrons. The van der Waals surface area contributed by atoms with Crippen LogP contribution in [0.4, 0.5) is 0 Å². The van der Waals surface area contributed by atoms with Crippen molar-refractivity contribution in [2.75, 3.05) is 47.5 Å². The number of likely N-dealkylation sites (N-methyl/N-ethyl adjacent to an activating group) is 1. The number of phosphoric ester groups is 1. The molecule has 0 aromatic rings. The monoisotopic (exact) mass is 1000 g/mol. The Morgan fingerprint density at radius 3 is 0.928 bits per heavy atom. The van der Waals surface area contributed by atoms with Crippen LogP contribution in [-0.2, 0) is 32.7 Å². The minimum absolute atomic E-state index is 0.0373. The van der Waals surface area contributed by atoms with Crippen LogP contribution in [0, 0.1) is 0 Å². The van der Waals surface area contributed by atoms with Crippen LogP contribution in [0.25, 0.3) is 0 Å². The molecule has 0 aliphatic heterocycles. The van der Waals surface area contributed by atoms with Crippen molar-refractivity contribution in [3.63, 3.8) is 0 Å². The molecule has 0 heterocycles. The van der Waals surface area contributed by atoms with Crippen LogP contribution in [0.5, 0.6) is 0 Å². The highest BCUT2D eigenvalue weighted by atomic mass is 31.2. The Morgan fingerprint density at radius 2 is 0.652 bits per heavy atom. The molecule has 0 aliphatic carbocycles. The summed E-state index contributed by atoms with van der Waals surface area (Å²) >= 11 is 0. The molecule has 0 saturated carbocycles. The number of carbonyl (C=O) groups is 2. The van der Waals surface area contributed by atoms with E-state index in [1.165, 1.54) is 250 Å². The number of hydrogen-bond acceptors (Lipinski definition) is 7. The van der Waals surface area contributed by atoms with Crippen LogP contribution >= 0.6 is 7.82 Å². The van der Waals surface area contributed by atoms with Gasteiger partial charge in [-0.05, 0) is 12.8 Å². The summed E-state index contributed by atoms with van der Waals surface area (Å²) in [6.45, 7) is 4.50. The first kappa shape index (κ1) is 68.0. The Kier molecular flexibility index (Phi) is 51.1. The number of rotatable bonds is 57. The standard InChI is InChI=1S/C59H118NO8P/c1-6-8-10-12-14-16-18-20-22-23-24-25-26-27-28-29-30-31-32-33-34-35-36-37-38-40-42-44-46-48-50-52-59(62)68-57(56-67-69(63,64)66-54-53-60(3,4)5)55-65-58(61)51-49-47-45-43-41-39-21-19-17-15-13-11-9-7-2/h57H,6-56H2,1-5H3/p+1. The van der Waals surface area contributed by atoms with Gasteiger partial charge in [-0.1, -0.05) is 290 Å². The number of unbranched alkanes of at least 4 members (excludes halogenated alkanes) is 43. The third-order valence-electron chi connectivity index (χ3n) is 13.9. The third kappa shape index (κ3) is 56.2. The van der Waals surface area contributed by atoms with E-state index in [9.17, 15) is 19.0 Å². The van der Waals surface area contributed by atoms with Crippen molar-refractivity contribution in [1.29, 1.82) is 0 Å². The lowest BCUT2D eigenvalue weighted by Gasteiger charge is -2.24. The Balaban J connectivity index is 3.97. The number of carbonyl (C=O) groups excluding carboxylic acids is 2. The van der Waals surface area contributed by atoms with Crippen molar-refractivity contribution in [3.05, 3.63) is 0 Å². The number of ether oxygens (including phenoxy) is 2. The lowest BCUT2D eigenvalue weighted by atomic mass is 10.0. The Labute approximate surface area is 429 Å². The minimum Gasteiger partial charge on any atom is -0.462 e. The first-order valence-electron chi connectivity index (χ1n) is 30.3. The van der Waals surface area contributed by atoms with Gasteiger partial charge < -0.3 is 18.9 Å². The van der Waals surface area contributed by atoms with Gasteiger partial charge in [0.05, 0.1) is 27.7 Å². The second kappa shape index (κ2) is 51.9. The Bertz CT molecular complexity index is 1130. The normalized spacial score (nSPS) is 13.2. The van der Waals surface area contributed by atoms with Crippen molar-refractivity contribution < 1.29 is 42.1 Å². The molecule has 0 aromatic carbocycles. The quantitative estimate of drug-likeness (QED) is 0.0278. The van der Waals surface area contributed by atoms with Crippen LogP contribution in [-0.4, -0.2) is 74.9 Å². The lowest BCUT2D eigenvalue weighted by molar-refractivity contribution is -0.870. The van der Waals surface area contributed by atoms with E-state index >= 15 is 0 Å². The second-order valence-electron chi connectivity index (χ2n) is 22.1. The van der Waals surface area contributed by atoms with Gasteiger partial charge in [-0.25, -0.2) is 4.57 Å². The van der Waals surface area contributed by atoms with Crippen molar-refractivity contribution in [1.82, 2.24) is 0 Å². The molecule has 0 bridgehead atoms. The van der Waals surface area contributed by atoms with Gasteiger partial charge in [-0.3, -0.25) is 18.6 Å². The van der Waals surface area contributed by atoms with Crippen LogP contribution in [0.15, 0.2) is 0 Å². The summed E-state index contributed by atoms with van der Waals surface area (Å²) in [5, 5.41) is 0. The van der Waals surface area contributed by atoms with Crippen molar-refractivity contribution >= 4 is 19.8 Å². The summed E-state index contributed by atoms with van der Waals surface area (Å²) in [7, 11) is 1.50. The zero-order chi connectivity index (χ0) is 50.6. The Morgan fingerprint density at radius 1 is 0.391 bits per heavy atom. The summed E-state index contributed by atoms with van der Waals surface area (Å²) < 4.78 is 34.6. The molecular formula is C59H119NO8P+. The first-order valence-corrected chi connectivity index (χ1v) is 31.8. The molecule has 69 heavy (non-hydrogen) atoms. The Hall–Kier alpha value is -0.990. The number of esters is 2. The van der Waals surface area contributed by atoms with Gasteiger partial charge in [0.15, 0.2) is 6.10 Å². The molecule has 0 rings (SSSR count). The van der Waals surface area contributed by atoms with E-state index in [2.05, 4.69) is 13.8 Å². The van der Waals surface area contributed by atoms with E-state index in [0.717, 1.165) is 38.5 Å². The SMILES string of the molecule is CCCCCCCCCCCCCCCCCCCCCCCCCCCCCCCCCC(=O)OC(COC(=O)CCCCCCCCCCCCCCCC)COP(=O)(O)OCC[N+](C)(C)C. The van der Waals surface area contributed by atoms with Crippen molar-refractivity contribution in [2.24, 2.45) is 0 Å². The molecule has 0 aromatic heterocycles. The fourth-order valence-corrected chi connectivity index (χ4v) is 9.94. The number of phosphoric acid groups is 1. The summed E-state index contributed by atoms with van der Waals surface area (Å²) in [5.74, 6) is -0.775. The van der Waals surface area contributed by atoms with E-state index in [0.29, 0.717) is 17.4 Å². The van der Waals surface area contributed by atoms with Gasteiger partial charge in [0, 0.05) is 12.8 Å². The predicted octanol–water partition coefficient (Wildman–Crippen LogP) is 18.7. The highest BCUT2D eigenvalue weighted by Crippen LogP contribution is 2.43. The van der Waals surface area contributed by atoms with E-state index < -0.39 is 26.5 Å². The molecule has 2 atom stereocenters. The van der Waals surface area contributed by atoms with Crippen molar-refractivity contribution in [3.8, 4) is 0 Å². The van der Waals surface area contributed by atoms with Gasteiger partial charge in [0.1, 0.15) is 19.8 Å². The number of nitrogens with zero attached hydrogens (tertiary/aromatic N) is 1. The van der Waals surface area contributed by atoms with Gasteiger partial charge in [-0.2, -0.15) is 0 Å². The largest absolute Gasteiger partial charge is 0.472 e. The molecule has 0 saturated heterocycles. The van der Waals surface area contributed by atoms with E-state index in [4.69, 9.17) is 18.5 Å². The maximum absolute atomic E-state index is 12.8. The number of hydrogen-bond donors (Lipinski definition) is 1. The maximum atomic E-state index is 12.8. The minimum atomic E-state index is -4.38. The average Bonchev–Trinajstić information content (AvgIpc) is 3.31. The molecule has 1 N–H and O–H groups in total. The molecule has 10 heteroatoms. The highest BCUT2D eigenvalue weighted by molar-refractivity contribution is 7.47. The molecule has 9 nitrogen and oxygen atoms in total. The summed E-state index contributed by atoms with van der Waals surface area (Å²) in [6, 6.07) is 0. The first-order chi connectivity index (χ1) is 33.5. The molecule has 0 spiro atoms. The molecule has 0 amide bonds. The number of quaternary nitrogens is 1. The smallest absolute Gasteiger partial charge is 0.462 e. The fourth-order valence-electron chi connectivity index (χ4n) is 9.20. The topological polar surface area (TPSA) is 108 Å². The molecule has 412 valence electrons. The van der Waals surface area contributed by atoms with Gasteiger partial charge in [0.25, 0.3) is 0 Å². The van der Waals surface area contributed by atoms with E-state index in [1.807, 2.05) is 21.1 Å². The van der Waals surface area contributed by atoms with Crippen LogP contribution < -0.4 is 0 Å². The molecular weight excluding hydrogens is 882 g/mol. The fraction of sp³-hybridized carbons (Fsp3) is 0.966. The van der Waals surface area contributed by atoms with E-state index in [-0.39, 0.29) is 25.6 Å². The second-order valence-corrected chi connectivity index (χ2v) is 23.6. The predicted molar refractivity (Wildman–Crippen MR) is 294 cm³/mol. The third-order valence-corrected chi connectivity index (χ3v) is 14.9. The zero-order valence-electron chi connectivity index (χ0n) is 46.8. The van der Waals surface area contributed by atoms with Crippen LogP contribution in [0.2, 0.25) is 0 Å². The summed E-state index contributed by atoms with van der Waals surface area (Å²) in [6.07, 6.45) is 59.1. The molecule has 0 aliphatic rings. The van der Waals surface area contributed by atoms with Gasteiger partial charge in [-0.15, -0.1) is 0 Å². The van der Waals surface area contributed by atoms with Crippen LogP contribution in [0.3, 0.4) is 0 Å².